The lowest BCUT2D eigenvalue weighted by Crippen LogP contribution is -2.35. The second kappa shape index (κ2) is 4.99. The highest BCUT2D eigenvalue weighted by molar-refractivity contribution is 5.47. The minimum absolute atomic E-state index is 0.656. The minimum Gasteiger partial charge on any atom is -0.306 e. The van der Waals surface area contributed by atoms with Crippen LogP contribution in [-0.2, 0) is 6.42 Å². The fourth-order valence-corrected chi connectivity index (χ4v) is 4.28. The van der Waals surface area contributed by atoms with Gasteiger partial charge in [0.05, 0.1) is 0 Å². The van der Waals surface area contributed by atoms with E-state index in [0.717, 1.165) is 6.42 Å². The molecule has 2 aliphatic rings. The summed E-state index contributed by atoms with van der Waals surface area (Å²) in [5, 5.41) is 0. The zero-order chi connectivity index (χ0) is 14.4. The van der Waals surface area contributed by atoms with Crippen LogP contribution < -0.4 is 0 Å². The molecule has 0 aromatic heterocycles. The number of hydrogen-bond acceptors (Lipinski definition) is 1. The van der Waals surface area contributed by atoms with E-state index in [4.69, 9.17) is 0 Å². The molecule has 0 N–H and O–H groups in total. The molecule has 0 bridgehead atoms. The van der Waals surface area contributed by atoms with Crippen molar-refractivity contribution in [3.8, 4) is 0 Å². The molecule has 1 heteroatoms. The van der Waals surface area contributed by atoms with Gasteiger partial charge in [0.1, 0.15) is 0 Å². The molecule has 4 rings (SSSR count). The lowest BCUT2D eigenvalue weighted by atomic mass is 9.76. The van der Waals surface area contributed by atoms with Crippen molar-refractivity contribution < 1.29 is 0 Å². The number of likely N-dealkylation sites (N-methyl/N-ethyl adjacent to an activating group) is 1. The molecular formula is C20H23N. The molecule has 21 heavy (non-hydrogen) atoms. The first-order valence-electron chi connectivity index (χ1n) is 8.08. The Hall–Kier alpha value is -1.60. The maximum Gasteiger partial charge on any atom is 0.00532 e. The second-order valence-electron chi connectivity index (χ2n) is 6.84. The van der Waals surface area contributed by atoms with Crippen molar-refractivity contribution in [1.82, 2.24) is 4.90 Å². The van der Waals surface area contributed by atoms with Crippen molar-refractivity contribution in [3.63, 3.8) is 0 Å². The first-order chi connectivity index (χ1) is 10.2. The molecule has 1 fully saturated rings. The van der Waals surface area contributed by atoms with E-state index in [1.54, 1.807) is 16.7 Å². The van der Waals surface area contributed by atoms with Crippen LogP contribution in [0.3, 0.4) is 0 Å². The number of likely N-dealkylation sites (tertiary alicyclic amines) is 1. The molecule has 1 nitrogen and oxygen atoms in total. The van der Waals surface area contributed by atoms with E-state index in [1.807, 2.05) is 0 Å². The number of rotatable bonds is 0. The summed E-state index contributed by atoms with van der Waals surface area (Å²) in [5.41, 5.74) is 7.68. The van der Waals surface area contributed by atoms with Gasteiger partial charge in [0.2, 0.25) is 0 Å². The van der Waals surface area contributed by atoms with Crippen molar-refractivity contribution in [2.24, 2.45) is 0 Å². The lowest BCUT2D eigenvalue weighted by molar-refractivity contribution is 0.227. The molecule has 1 heterocycles. The minimum atomic E-state index is 0.656. The van der Waals surface area contributed by atoms with E-state index >= 15 is 0 Å². The highest BCUT2D eigenvalue weighted by Crippen LogP contribution is 2.45. The third-order valence-corrected chi connectivity index (χ3v) is 5.35. The van der Waals surface area contributed by atoms with Crippen LogP contribution in [0.4, 0.5) is 0 Å². The van der Waals surface area contributed by atoms with Gasteiger partial charge in [-0.1, -0.05) is 48.0 Å². The normalized spacial score (nSPS) is 24.7. The predicted molar refractivity (Wildman–Crippen MR) is 88.0 cm³/mol. The van der Waals surface area contributed by atoms with E-state index in [1.165, 1.54) is 30.6 Å². The van der Waals surface area contributed by atoms with Crippen molar-refractivity contribution in [3.05, 3.63) is 70.3 Å². The van der Waals surface area contributed by atoms with Gasteiger partial charge in [-0.25, -0.2) is 0 Å². The van der Waals surface area contributed by atoms with Crippen LogP contribution in [0.15, 0.2) is 42.5 Å². The molecule has 0 unspecified atom stereocenters. The van der Waals surface area contributed by atoms with Gasteiger partial charge < -0.3 is 4.90 Å². The van der Waals surface area contributed by atoms with Gasteiger partial charge in [0, 0.05) is 12.5 Å². The van der Waals surface area contributed by atoms with E-state index in [9.17, 15) is 0 Å². The molecular weight excluding hydrogens is 254 g/mol. The Balaban J connectivity index is 1.91. The summed E-state index contributed by atoms with van der Waals surface area (Å²) in [6.45, 7) is 4.63. The quantitative estimate of drug-likeness (QED) is 0.700. The predicted octanol–water partition coefficient (Wildman–Crippen LogP) is 4.10. The molecule has 2 aromatic carbocycles. The summed E-state index contributed by atoms with van der Waals surface area (Å²) in [4.78, 5) is 2.50. The van der Waals surface area contributed by atoms with Crippen LogP contribution in [0.2, 0.25) is 0 Å². The van der Waals surface area contributed by atoms with Crippen LogP contribution in [-0.4, -0.2) is 25.0 Å². The number of aryl methyl sites for hydroxylation is 1. The maximum absolute atomic E-state index is 2.50. The van der Waals surface area contributed by atoms with E-state index in [0.29, 0.717) is 11.8 Å². The average Bonchev–Trinajstić information content (AvgIpc) is 2.62. The Morgan fingerprint density at radius 3 is 2.67 bits per heavy atom. The molecule has 2 atom stereocenters. The van der Waals surface area contributed by atoms with Gasteiger partial charge in [-0.2, -0.15) is 0 Å². The summed E-state index contributed by atoms with van der Waals surface area (Å²) in [7, 11) is 2.26. The average molecular weight is 277 g/mol. The number of benzene rings is 2. The number of piperidine rings is 1. The van der Waals surface area contributed by atoms with E-state index in [2.05, 4.69) is 61.3 Å². The Bertz CT molecular complexity index is 673. The molecule has 2 aromatic rings. The molecule has 0 radical (unpaired) electrons. The van der Waals surface area contributed by atoms with Gasteiger partial charge in [-0.15, -0.1) is 0 Å². The van der Waals surface area contributed by atoms with Gasteiger partial charge in [0.15, 0.2) is 0 Å². The zero-order valence-electron chi connectivity index (χ0n) is 13.0. The van der Waals surface area contributed by atoms with Crippen LogP contribution in [0.25, 0.3) is 0 Å². The van der Waals surface area contributed by atoms with Crippen LogP contribution >= 0.6 is 0 Å². The molecule has 1 aliphatic heterocycles. The van der Waals surface area contributed by atoms with E-state index < -0.39 is 0 Å². The van der Waals surface area contributed by atoms with Crippen LogP contribution in [0.1, 0.15) is 46.1 Å². The van der Waals surface area contributed by atoms with Crippen molar-refractivity contribution in [2.75, 3.05) is 20.1 Å². The monoisotopic (exact) mass is 277 g/mol. The van der Waals surface area contributed by atoms with Gasteiger partial charge in [0.25, 0.3) is 0 Å². The zero-order valence-corrected chi connectivity index (χ0v) is 13.0. The van der Waals surface area contributed by atoms with E-state index in [-0.39, 0.29) is 0 Å². The standard InChI is InChI=1S/C20H23N/c1-14-7-8-16-12-15-5-3-4-6-17(15)20-13-21(2)10-9-18(20)19(16)11-14/h3-8,11,18,20H,9-10,12-13H2,1-2H3/t18-,20+/m0/s1. The first-order valence-corrected chi connectivity index (χ1v) is 8.08. The third-order valence-electron chi connectivity index (χ3n) is 5.35. The van der Waals surface area contributed by atoms with Crippen LogP contribution in [0, 0.1) is 6.92 Å². The smallest absolute Gasteiger partial charge is 0.00532 e. The van der Waals surface area contributed by atoms with Gasteiger partial charge in [-0.05, 0) is 61.5 Å². The first kappa shape index (κ1) is 13.1. The number of hydrogen-bond donors (Lipinski definition) is 0. The Morgan fingerprint density at radius 1 is 0.952 bits per heavy atom. The maximum atomic E-state index is 2.50. The fourth-order valence-electron chi connectivity index (χ4n) is 4.28. The summed E-state index contributed by atoms with van der Waals surface area (Å²) in [5.74, 6) is 1.35. The topological polar surface area (TPSA) is 3.24 Å². The van der Waals surface area contributed by atoms with Crippen molar-refractivity contribution >= 4 is 0 Å². The molecule has 0 saturated carbocycles. The molecule has 0 amide bonds. The Labute approximate surface area is 127 Å². The van der Waals surface area contributed by atoms with Crippen molar-refractivity contribution in [2.45, 2.75) is 31.6 Å². The third kappa shape index (κ3) is 2.20. The summed E-state index contributed by atoms with van der Waals surface area (Å²) in [6, 6.07) is 16.2. The summed E-state index contributed by atoms with van der Waals surface area (Å²) in [6.07, 6.45) is 2.38. The SMILES string of the molecule is Cc1ccc2c(c1)[C@@H]1CCN(C)C[C@@H]1c1ccccc1C2. The van der Waals surface area contributed by atoms with Crippen LogP contribution in [0.5, 0.6) is 0 Å². The molecule has 0 spiro atoms. The van der Waals surface area contributed by atoms with Gasteiger partial charge >= 0.3 is 0 Å². The summed E-state index contributed by atoms with van der Waals surface area (Å²) < 4.78 is 0. The largest absolute Gasteiger partial charge is 0.306 e. The molecule has 1 saturated heterocycles. The number of nitrogens with zero attached hydrogens (tertiary/aromatic N) is 1. The Morgan fingerprint density at radius 2 is 1.76 bits per heavy atom. The highest BCUT2D eigenvalue weighted by atomic mass is 15.1. The lowest BCUT2D eigenvalue weighted by Gasteiger charge is -2.37. The molecule has 108 valence electrons. The molecule has 1 aliphatic carbocycles. The van der Waals surface area contributed by atoms with Crippen molar-refractivity contribution in [1.29, 1.82) is 0 Å². The number of fused-ring (bicyclic) bond motifs is 5. The second-order valence-corrected chi connectivity index (χ2v) is 6.84. The highest BCUT2D eigenvalue weighted by Gasteiger charge is 2.34. The Kier molecular flexibility index (Phi) is 3.11. The summed E-state index contributed by atoms with van der Waals surface area (Å²) >= 11 is 0. The fraction of sp³-hybridized carbons (Fsp3) is 0.400. The van der Waals surface area contributed by atoms with Gasteiger partial charge in [-0.3, -0.25) is 0 Å².